The van der Waals surface area contributed by atoms with Gasteiger partial charge in [0.05, 0.1) is 9.80 Å². The molecule has 0 aliphatic heterocycles. The Balaban J connectivity index is 2.27. The molecule has 0 saturated carbocycles. The second-order valence-electron chi connectivity index (χ2n) is 3.15. The van der Waals surface area contributed by atoms with Gasteiger partial charge in [-0.15, -0.1) is 0 Å². The Bertz CT molecular complexity index is 726. The van der Waals surface area contributed by atoms with E-state index in [1.54, 1.807) is 0 Å². The minimum absolute atomic E-state index is 0.00757. The maximum absolute atomic E-state index is 11.3. The van der Waals surface area contributed by atoms with Crippen molar-refractivity contribution in [2.75, 3.05) is 0 Å². The monoisotopic (exact) mass is 266 g/mol. The number of thiophene rings is 1. The molecule has 0 unspecified atom stereocenters. The van der Waals surface area contributed by atoms with Gasteiger partial charge in [0, 0.05) is 18.5 Å². The quantitative estimate of drug-likeness (QED) is 0.484. The second-order valence-corrected chi connectivity index (χ2v) is 4.24. The van der Waals surface area contributed by atoms with Gasteiger partial charge in [-0.2, -0.15) is 0 Å². The molecule has 0 spiro atoms. The summed E-state index contributed by atoms with van der Waals surface area (Å²) in [6.45, 7) is 0. The van der Waals surface area contributed by atoms with E-state index in [2.05, 4.69) is 9.98 Å². The van der Waals surface area contributed by atoms with Crippen LogP contribution in [0.15, 0.2) is 32.9 Å². The van der Waals surface area contributed by atoms with Crippen LogP contribution < -0.4 is 11.2 Å². The van der Waals surface area contributed by atoms with E-state index in [1.807, 2.05) is 4.98 Å². The molecule has 92 valence electrons. The summed E-state index contributed by atoms with van der Waals surface area (Å²) < 4.78 is 0. The van der Waals surface area contributed by atoms with Crippen molar-refractivity contribution in [2.24, 2.45) is 4.99 Å². The fraction of sp³-hybridized carbons (Fsp3) is 0. The predicted octanol–water partition coefficient (Wildman–Crippen LogP) is 0.783. The van der Waals surface area contributed by atoms with Gasteiger partial charge in [0.1, 0.15) is 5.69 Å². The zero-order valence-corrected chi connectivity index (χ0v) is 9.56. The van der Waals surface area contributed by atoms with Crippen molar-refractivity contribution in [2.45, 2.75) is 0 Å². The molecule has 2 aromatic rings. The standard InChI is InChI=1S/C9H6N4O4S/c14-8-6(4-11-9(15)12-8)10-3-5-1-2-7(18-5)13(16)17/h1-4H,(H2,11,12,14,15). The summed E-state index contributed by atoms with van der Waals surface area (Å²) in [5.41, 5.74) is -1.22. The van der Waals surface area contributed by atoms with Crippen molar-refractivity contribution in [3.8, 4) is 0 Å². The largest absolute Gasteiger partial charge is 0.325 e. The minimum atomic E-state index is -0.624. The van der Waals surface area contributed by atoms with Crippen LogP contribution in [0.5, 0.6) is 0 Å². The lowest BCUT2D eigenvalue weighted by atomic mass is 10.5. The van der Waals surface area contributed by atoms with Gasteiger partial charge in [0.2, 0.25) is 0 Å². The Morgan fingerprint density at radius 2 is 2.17 bits per heavy atom. The second kappa shape index (κ2) is 4.75. The van der Waals surface area contributed by atoms with Crippen molar-refractivity contribution >= 4 is 28.2 Å². The minimum Gasteiger partial charge on any atom is -0.312 e. The molecule has 2 heterocycles. The van der Waals surface area contributed by atoms with Crippen LogP contribution in [-0.4, -0.2) is 21.1 Å². The fourth-order valence-electron chi connectivity index (χ4n) is 1.14. The molecule has 9 heteroatoms. The van der Waals surface area contributed by atoms with Crippen molar-refractivity contribution < 1.29 is 4.92 Å². The maximum Gasteiger partial charge on any atom is 0.325 e. The van der Waals surface area contributed by atoms with Gasteiger partial charge >= 0.3 is 10.7 Å². The van der Waals surface area contributed by atoms with Crippen LogP contribution in [0.25, 0.3) is 0 Å². The number of aromatic nitrogens is 2. The molecule has 2 aromatic heterocycles. The summed E-state index contributed by atoms with van der Waals surface area (Å²) >= 11 is 0.937. The van der Waals surface area contributed by atoms with Gasteiger partial charge in [-0.1, -0.05) is 11.3 Å². The molecule has 0 amide bonds. The third-order valence-corrected chi connectivity index (χ3v) is 2.89. The fourth-order valence-corrected chi connectivity index (χ4v) is 1.84. The highest BCUT2D eigenvalue weighted by molar-refractivity contribution is 7.16. The van der Waals surface area contributed by atoms with E-state index in [1.165, 1.54) is 24.5 Å². The zero-order chi connectivity index (χ0) is 13.1. The van der Waals surface area contributed by atoms with Gasteiger partial charge < -0.3 is 4.98 Å². The first-order valence-corrected chi connectivity index (χ1v) is 5.48. The Hall–Kier alpha value is -2.55. The molecule has 2 rings (SSSR count). The number of aromatic amines is 2. The van der Waals surface area contributed by atoms with E-state index in [0.29, 0.717) is 4.88 Å². The van der Waals surface area contributed by atoms with Crippen LogP contribution in [0.4, 0.5) is 10.7 Å². The van der Waals surface area contributed by atoms with Crippen LogP contribution in [0.2, 0.25) is 0 Å². The van der Waals surface area contributed by atoms with Gasteiger partial charge in [0.25, 0.3) is 5.56 Å². The van der Waals surface area contributed by atoms with Gasteiger partial charge in [0.15, 0.2) is 0 Å². The third-order valence-electron chi connectivity index (χ3n) is 1.92. The molecule has 0 radical (unpaired) electrons. The van der Waals surface area contributed by atoms with Crippen LogP contribution in [0.3, 0.4) is 0 Å². The Morgan fingerprint density at radius 3 is 2.78 bits per heavy atom. The van der Waals surface area contributed by atoms with E-state index >= 15 is 0 Å². The highest BCUT2D eigenvalue weighted by Gasteiger charge is 2.08. The molecule has 0 aliphatic carbocycles. The van der Waals surface area contributed by atoms with Crippen LogP contribution in [0, 0.1) is 10.1 Å². The number of hydrogen-bond donors (Lipinski definition) is 2. The summed E-state index contributed by atoms with van der Waals surface area (Å²) in [6, 6.07) is 2.87. The summed E-state index contributed by atoms with van der Waals surface area (Å²) in [5.74, 6) is 0. The maximum atomic E-state index is 11.3. The number of rotatable bonds is 3. The first-order chi connectivity index (χ1) is 8.56. The first kappa shape index (κ1) is 11.9. The average Bonchev–Trinajstić information content (AvgIpc) is 2.76. The Morgan fingerprint density at radius 1 is 1.39 bits per heavy atom. The highest BCUT2D eigenvalue weighted by Crippen LogP contribution is 2.22. The van der Waals surface area contributed by atoms with E-state index in [9.17, 15) is 19.7 Å². The predicted molar refractivity (Wildman–Crippen MR) is 65.9 cm³/mol. The first-order valence-electron chi connectivity index (χ1n) is 4.66. The molecule has 0 bridgehead atoms. The van der Waals surface area contributed by atoms with Crippen molar-refractivity contribution in [3.05, 3.63) is 54.2 Å². The highest BCUT2D eigenvalue weighted by atomic mass is 32.1. The molecule has 0 aliphatic rings. The molecule has 2 N–H and O–H groups in total. The normalized spacial score (nSPS) is 10.9. The average molecular weight is 266 g/mol. The molecule has 0 fully saturated rings. The van der Waals surface area contributed by atoms with Crippen molar-refractivity contribution in [1.82, 2.24) is 9.97 Å². The summed E-state index contributed by atoms with van der Waals surface area (Å²) in [4.78, 5) is 40.6. The summed E-state index contributed by atoms with van der Waals surface area (Å²) in [7, 11) is 0. The van der Waals surface area contributed by atoms with Gasteiger partial charge in [-0.3, -0.25) is 19.9 Å². The lowest BCUT2D eigenvalue weighted by Crippen LogP contribution is -2.20. The zero-order valence-electron chi connectivity index (χ0n) is 8.75. The molecule has 0 atom stereocenters. The Kier molecular flexibility index (Phi) is 3.15. The molecule has 0 aromatic carbocycles. The topological polar surface area (TPSA) is 121 Å². The van der Waals surface area contributed by atoms with Gasteiger partial charge in [-0.25, -0.2) is 9.79 Å². The van der Waals surface area contributed by atoms with Gasteiger partial charge in [-0.05, 0) is 6.07 Å². The van der Waals surface area contributed by atoms with E-state index in [-0.39, 0.29) is 10.7 Å². The summed E-state index contributed by atoms with van der Waals surface area (Å²) in [6.07, 6.45) is 2.49. The number of nitrogens with zero attached hydrogens (tertiary/aromatic N) is 2. The molecular formula is C9H6N4O4S. The molecular weight excluding hydrogens is 260 g/mol. The smallest absolute Gasteiger partial charge is 0.312 e. The van der Waals surface area contributed by atoms with E-state index in [4.69, 9.17) is 0 Å². The molecule has 18 heavy (non-hydrogen) atoms. The van der Waals surface area contributed by atoms with Crippen LogP contribution in [0.1, 0.15) is 4.88 Å². The van der Waals surface area contributed by atoms with Crippen molar-refractivity contribution in [1.29, 1.82) is 0 Å². The lowest BCUT2D eigenvalue weighted by molar-refractivity contribution is -0.380. The number of nitro groups is 1. The number of nitrogens with one attached hydrogen (secondary N) is 2. The van der Waals surface area contributed by atoms with Crippen LogP contribution in [-0.2, 0) is 0 Å². The number of H-pyrrole nitrogens is 2. The van der Waals surface area contributed by atoms with Crippen molar-refractivity contribution in [3.63, 3.8) is 0 Å². The number of aliphatic imine (C=N–C) groups is 1. The van der Waals surface area contributed by atoms with E-state index < -0.39 is 16.2 Å². The Labute approximate surface area is 103 Å². The van der Waals surface area contributed by atoms with Crippen LogP contribution >= 0.6 is 11.3 Å². The molecule has 0 saturated heterocycles. The summed E-state index contributed by atoms with van der Waals surface area (Å²) in [5, 5.41) is 10.4. The molecule has 8 nitrogen and oxygen atoms in total. The van der Waals surface area contributed by atoms with E-state index in [0.717, 1.165) is 11.3 Å². The lowest BCUT2D eigenvalue weighted by Gasteiger charge is -1.89. The SMILES string of the molecule is O=c1[nH]cc(N=Cc2ccc([N+](=O)[O-])s2)c(=O)[nH]1. The third kappa shape index (κ3) is 2.58. The number of hydrogen-bond acceptors (Lipinski definition) is 6.